The van der Waals surface area contributed by atoms with Crippen molar-refractivity contribution >= 4 is 30.3 Å². The van der Waals surface area contributed by atoms with Crippen molar-refractivity contribution in [1.29, 1.82) is 0 Å². The van der Waals surface area contributed by atoms with Gasteiger partial charge in [0, 0.05) is 17.5 Å². The Labute approximate surface area is 224 Å². The number of urea groups is 1. The third kappa shape index (κ3) is 6.84. The number of unbranched alkanes of at least 4 members (excludes halogenated alkanes) is 2. The monoisotopic (exact) mass is 535 g/mol. The van der Waals surface area contributed by atoms with E-state index in [1.807, 2.05) is 32.0 Å². The number of hydrogen-bond acceptors (Lipinski definition) is 7. The highest BCUT2D eigenvalue weighted by molar-refractivity contribution is 5.91. The number of anilines is 1. The number of halogens is 1. The fraction of sp³-hybridized carbons (Fsp3) is 0.556. The molecule has 10 heteroatoms. The molecule has 0 spiro atoms. The molecule has 0 saturated carbocycles. The van der Waals surface area contributed by atoms with Crippen molar-refractivity contribution in [3.8, 4) is 11.3 Å². The van der Waals surface area contributed by atoms with Gasteiger partial charge in [0.2, 0.25) is 5.88 Å². The van der Waals surface area contributed by atoms with Gasteiger partial charge < -0.3 is 24.7 Å². The summed E-state index contributed by atoms with van der Waals surface area (Å²) in [6, 6.07) is 9.13. The highest BCUT2D eigenvalue weighted by Crippen LogP contribution is 2.35. The molecule has 4 atom stereocenters. The lowest BCUT2D eigenvalue weighted by Crippen LogP contribution is -2.45. The van der Waals surface area contributed by atoms with E-state index < -0.39 is 30.4 Å². The predicted octanol–water partition coefficient (Wildman–Crippen LogP) is 4.45. The average molecular weight is 536 g/mol. The molecule has 9 nitrogen and oxygen atoms in total. The molecule has 1 saturated heterocycles. The molecule has 2 amide bonds. The van der Waals surface area contributed by atoms with E-state index in [-0.39, 0.29) is 43.9 Å². The molecule has 1 aromatic carbocycles. The van der Waals surface area contributed by atoms with Crippen LogP contribution < -0.4 is 11.1 Å². The number of nitrogens with one attached hydrogen (secondary N) is 1. The molecule has 2 aliphatic rings. The SMILES string of the molecule is CCCCCc1ccc(-c2cc3c(o2)NC(=O)N([C@H]2C[C@H](O)[C@@H](COC(=O)[C@@H](N)C(C)C)O2)C3)cc1.Cl. The number of amides is 2. The Morgan fingerprint density at radius 3 is 2.68 bits per heavy atom. The molecule has 1 fully saturated rings. The average Bonchev–Trinajstić information content (AvgIpc) is 3.44. The number of benzene rings is 1. The minimum Gasteiger partial charge on any atom is -0.462 e. The van der Waals surface area contributed by atoms with E-state index in [1.54, 1.807) is 0 Å². The highest BCUT2D eigenvalue weighted by Gasteiger charge is 2.42. The Morgan fingerprint density at radius 1 is 1.27 bits per heavy atom. The minimum absolute atomic E-state index is 0. The number of carbonyl (C=O) groups excluding carboxylic acids is 2. The summed E-state index contributed by atoms with van der Waals surface area (Å²) in [5.41, 5.74) is 8.88. The molecule has 4 N–H and O–H groups in total. The smallest absolute Gasteiger partial charge is 0.326 e. The third-order valence-electron chi connectivity index (χ3n) is 6.87. The van der Waals surface area contributed by atoms with Crippen LogP contribution in [0.5, 0.6) is 0 Å². The second kappa shape index (κ2) is 12.8. The molecule has 37 heavy (non-hydrogen) atoms. The number of rotatable bonds is 10. The summed E-state index contributed by atoms with van der Waals surface area (Å²) in [5, 5.41) is 13.2. The Balaban J connectivity index is 0.00000380. The van der Waals surface area contributed by atoms with Crippen molar-refractivity contribution in [2.75, 3.05) is 11.9 Å². The molecule has 3 heterocycles. The molecular weight excluding hydrogens is 498 g/mol. The third-order valence-corrected chi connectivity index (χ3v) is 6.87. The lowest BCUT2D eigenvalue weighted by atomic mass is 10.0. The maximum Gasteiger partial charge on any atom is 0.326 e. The summed E-state index contributed by atoms with van der Waals surface area (Å²) in [6.07, 6.45) is 2.62. The normalized spacial score (nSPS) is 21.8. The van der Waals surface area contributed by atoms with Crippen molar-refractivity contribution < 1.29 is 28.6 Å². The van der Waals surface area contributed by atoms with Gasteiger partial charge in [-0.05, 0) is 30.4 Å². The van der Waals surface area contributed by atoms with Crippen LogP contribution in [0.3, 0.4) is 0 Å². The number of nitrogens with two attached hydrogens (primary N) is 1. The lowest BCUT2D eigenvalue weighted by molar-refractivity contribution is -0.153. The molecule has 0 bridgehead atoms. The van der Waals surface area contributed by atoms with Crippen LogP contribution in [0, 0.1) is 5.92 Å². The standard InChI is InChI=1S/C27H37N3O6.ClH/c1-4-5-6-7-17-8-10-18(11-9-17)21-12-19-14-30(27(33)29-25(19)36-21)23-13-20(31)22(35-23)15-34-26(32)24(28)16(2)3;/h8-12,16,20,22-24,31H,4-7,13-15,28H2,1-3H3,(H,29,33);1H/t20-,22+,23+,24-;/m0./s1. The van der Waals surface area contributed by atoms with Crippen molar-refractivity contribution in [2.45, 2.75) is 83.9 Å². The summed E-state index contributed by atoms with van der Waals surface area (Å²) in [6.45, 7) is 6.01. The van der Waals surface area contributed by atoms with Crippen LogP contribution in [-0.2, 0) is 27.2 Å². The number of furan rings is 1. The van der Waals surface area contributed by atoms with Crippen LogP contribution in [0.15, 0.2) is 34.7 Å². The fourth-order valence-corrected chi connectivity index (χ4v) is 4.46. The van der Waals surface area contributed by atoms with Crippen LogP contribution in [0.4, 0.5) is 10.7 Å². The van der Waals surface area contributed by atoms with Crippen LogP contribution in [0.1, 0.15) is 57.6 Å². The zero-order valence-electron chi connectivity index (χ0n) is 21.6. The predicted molar refractivity (Wildman–Crippen MR) is 142 cm³/mol. The quantitative estimate of drug-likeness (QED) is 0.303. The number of aliphatic hydroxyl groups is 1. The molecule has 0 unspecified atom stereocenters. The number of ether oxygens (including phenoxy) is 2. The van der Waals surface area contributed by atoms with E-state index in [0.29, 0.717) is 11.6 Å². The molecule has 0 aliphatic carbocycles. The van der Waals surface area contributed by atoms with E-state index in [9.17, 15) is 14.7 Å². The first-order chi connectivity index (χ1) is 17.3. The maximum atomic E-state index is 12.8. The van der Waals surface area contributed by atoms with Crippen LogP contribution in [0.25, 0.3) is 11.3 Å². The van der Waals surface area contributed by atoms with E-state index >= 15 is 0 Å². The second-order valence-electron chi connectivity index (χ2n) is 10.0. The van der Waals surface area contributed by atoms with E-state index in [4.69, 9.17) is 19.6 Å². The van der Waals surface area contributed by atoms with Gasteiger partial charge in [-0.1, -0.05) is 57.9 Å². The van der Waals surface area contributed by atoms with Gasteiger partial charge >= 0.3 is 12.0 Å². The number of carbonyl (C=O) groups is 2. The maximum absolute atomic E-state index is 12.8. The van der Waals surface area contributed by atoms with Crippen molar-refractivity contribution in [3.05, 3.63) is 41.5 Å². The molecule has 2 aliphatic heterocycles. The van der Waals surface area contributed by atoms with Crippen molar-refractivity contribution in [1.82, 2.24) is 4.90 Å². The van der Waals surface area contributed by atoms with Crippen molar-refractivity contribution in [3.63, 3.8) is 0 Å². The molecule has 4 rings (SSSR count). The number of aryl methyl sites for hydroxylation is 1. The zero-order chi connectivity index (χ0) is 25.8. The van der Waals surface area contributed by atoms with Gasteiger partial charge in [0.15, 0.2) is 0 Å². The van der Waals surface area contributed by atoms with Gasteiger partial charge in [-0.3, -0.25) is 15.0 Å². The molecule has 2 aromatic rings. The largest absolute Gasteiger partial charge is 0.462 e. The first-order valence-corrected chi connectivity index (χ1v) is 12.8. The molecular formula is C27H38ClN3O6. The van der Waals surface area contributed by atoms with Gasteiger partial charge in [-0.25, -0.2) is 4.79 Å². The Bertz CT molecular complexity index is 1060. The number of aliphatic hydroxyl groups excluding tert-OH is 1. The van der Waals surface area contributed by atoms with E-state index in [1.165, 1.54) is 29.7 Å². The zero-order valence-corrected chi connectivity index (χ0v) is 22.5. The Kier molecular flexibility index (Phi) is 10.0. The number of esters is 1. The lowest BCUT2D eigenvalue weighted by Gasteiger charge is -2.31. The second-order valence-corrected chi connectivity index (χ2v) is 10.0. The Morgan fingerprint density at radius 2 is 2.00 bits per heavy atom. The molecule has 1 aromatic heterocycles. The Hall–Kier alpha value is -2.59. The van der Waals surface area contributed by atoms with Gasteiger partial charge in [-0.2, -0.15) is 0 Å². The van der Waals surface area contributed by atoms with E-state index in [2.05, 4.69) is 24.4 Å². The summed E-state index contributed by atoms with van der Waals surface area (Å²) in [5.74, 6) is 0.505. The van der Waals surface area contributed by atoms with E-state index in [0.717, 1.165) is 17.5 Å². The first-order valence-electron chi connectivity index (χ1n) is 12.8. The molecule has 0 radical (unpaired) electrons. The summed E-state index contributed by atoms with van der Waals surface area (Å²) >= 11 is 0. The van der Waals surface area contributed by atoms with Gasteiger partial charge in [0.05, 0.1) is 12.6 Å². The van der Waals surface area contributed by atoms with Gasteiger partial charge in [0.25, 0.3) is 0 Å². The van der Waals surface area contributed by atoms with Gasteiger partial charge in [-0.15, -0.1) is 12.4 Å². The highest BCUT2D eigenvalue weighted by atomic mass is 35.5. The first kappa shape index (κ1) is 29.0. The fourth-order valence-electron chi connectivity index (χ4n) is 4.46. The minimum atomic E-state index is -0.872. The van der Waals surface area contributed by atoms with Crippen molar-refractivity contribution in [2.24, 2.45) is 11.7 Å². The van der Waals surface area contributed by atoms with Gasteiger partial charge in [0.1, 0.15) is 30.7 Å². The summed E-state index contributed by atoms with van der Waals surface area (Å²) < 4.78 is 17.1. The summed E-state index contributed by atoms with van der Waals surface area (Å²) in [4.78, 5) is 26.4. The number of nitrogens with zero attached hydrogens (tertiary/aromatic N) is 1. The number of hydrogen-bond donors (Lipinski definition) is 3. The topological polar surface area (TPSA) is 127 Å². The van der Waals surface area contributed by atoms with Crippen LogP contribution in [-0.4, -0.2) is 53.1 Å². The van der Waals surface area contributed by atoms with Crippen LogP contribution >= 0.6 is 12.4 Å². The summed E-state index contributed by atoms with van der Waals surface area (Å²) in [7, 11) is 0. The van der Waals surface area contributed by atoms with Crippen LogP contribution in [0.2, 0.25) is 0 Å². The number of fused-ring (bicyclic) bond motifs is 1. The molecule has 204 valence electrons.